The van der Waals surface area contributed by atoms with Gasteiger partial charge in [-0.15, -0.1) is 5.98 Å². The molecule has 0 unspecified atom stereocenters. The van der Waals surface area contributed by atoms with Crippen molar-refractivity contribution in [3.63, 3.8) is 0 Å². The molecule has 1 atom stereocenters. The van der Waals surface area contributed by atoms with Gasteiger partial charge in [-0.25, -0.2) is 0 Å². The lowest BCUT2D eigenvalue weighted by Crippen LogP contribution is -2.43. The summed E-state index contributed by atoms with van der Waals surface area (Å²) in [6.45, 7) is 11.4. The number of benzene rings is 1. The van der Waals surface area contributed by atoms with E-state index in [1.54, 1.807) is 5.98 Å². The second kappa shape index (κ2) is 7.28. The van der Waals surface area contributed by atoms with Gasteiger partial charge in [0, 0.05) is 0 Å². The fraction of sp³-hybridized carbons (Fsp3) is 0.529. The van der Waals surface area contributed by atoms with Gasteiger partial charge in [-0.1, -0.05) is 57.2 Å². The first-order chi connectivity index (χ1) is 9.26. The van der Waals surface area contributed by atoms with E-state index in [0.717, 1.165) is 12.8 Å². The van der Waals surface area contributed by atoms with E-state index in [4.69, 9.17) is 12.3 Å². The number of hydrogen-bond acceptors (Lipinski definition) is 1. The van der Waals surface area contributed by atoms with Crippen LogP contribution in [0.4, 0.5) is 0 Å². The monoisotopic (exact) mass is 286 g/mol. The van der Waals surface area contributed by atoms with E-state index in [1.165, 1.54) is 5.56 Å². The fourth-order valence-corrected chi connectivity index (χ4v) is 3.13. The van der Waals surface area contributed by atoms with Crippen LogP contribution in [0.3, 0.4) is 0 Å². The molecule has 3 heteroatoms. The zero-order valence-corrected chi connectivity index (χ0v) is 14.5. The van der Waals surface area contributed by atoms with Gasteiger partial charge in [0.1, 0.15) is 7.85 Å². The van der Waals surface area contributed by atoms with Crippen molar-refractivity contribution < 1.29 is 4.43 Å². The predicted octanol–water partition coefficient (Wildman–Crippen LogP) is 4.69. The van der Waals surface area contributed by atoms with Crippen molar-refractivity contribution in [1.82, 2.24) is 0 Å². The lowest BCUT2D eigenvalue weighted by atomic mass is 10.0. The molecule has 1 aromatic rings. The van der Waals surface area contributed by atoms with Crippen LogP contribution in [-0.2, 0) is 10.8 Å². The van der Waals surface area contributed by atoms with Gasteiger partial charge in [-0.05, 0) is 36.5 Å². The zero-order chi connectivity index (χ0) is 15.2. The lowest BCUT2D eigenvalue weighted by molar-refractivity contribution is 0.215. The highest BCUT2D eigenvalue weighted by Gasteiger charge is 2.38. The highest BCUT2D eigenvalue weighted by Crippen LogP contribution is 2.37. The highest BCUT2D eigenvalue weighted by atomic mass is 28.4. The number of hydrogen-bond donors (Lipinski definition) is 0. The Balaban J connectivity index is 2.66. The molecule has 2 radical (unpaired) electrons. The second-order valence-electron chi connectivity index (χ2n) is 6.83. The molecule has 108 valence electrons. The van der Waals surface area contributed by atoms with Crippen LogP contribution in [0.5, 0.6) is 0 Å². The summed E-state index contributed by atoms with van der Waals surface area (Å²) in [5.74, 6) is 1.61. The summed E-state index contributed by atoms with van der Waals surface area (Å²) >= 11 is 0. The van der Waals surface area contributed by atoms with Crippen LogP contribution in [-0.4, -0.2) is 22.3 Å². The average molecular weight is 286 g/mol. The molecular formula is C17H27BOSi. The minimum absolute atomic E-state index is 0.112. The predicted molar refractivity (Wildman–Crippen MR) is 91.7 cm³/mol. The quantitative estimate of drug-likeness (QED) is 0.689. The summed E-state index contributed by atoms with van der Waals surface area (Å²) in [5, 5.41) is 0.223. The standard InChI is InChI=1S/C17H27BOSi/c1-17(2,3)20(4,5)19-16(13-14-18)12-11-15-9-7-6-8-10-15/h6-10,13-14,16H,11-12H2,1-5H3/b14-13+/t16-/m0/s1. The maximum Gasteiger partial charge on any atom is 0.192 e. The Morgan fingerprint density at radius 2 is 1.80 bits per heavy atom. The summed E-state index contributed by atoms with van der Waals surface area (Å²) in [4.78, 5) is 0. The summed E-state index contributed by atoms with van der Waals surface area (Å²) < 4.78 is 6.44. The van der Waals surface area contributed by atoms with Crippen LogP contribution in [0.25, 0.3) is 0 Å². The minimum Gasteiger partial charge on any atom is -0.411 e. The van der Waals surface area contributed by atoms with E-state index in [-0.39, 0.29) is 11.1 Å². The topological polar surface area (TPSA) is 9.23 Å². The molecule has 0 aromatic heterocycles. The molecular weight excluding hydrogens is 259 g/mol. The summed E-state index contributed by atoms with van der Waals surface area (Å²) in [6, 6.07) is 10.5. The van der Waals surface area contributed by atoms with Gasteiger partial charge in [0.25, 0.3) is 0 Å². The second-order valence-corrected chi connectivity index (χ2v) is 11.6. The molecule has 1 rings (SSSR count). The molecule has 1 nitrogen and oxygen atoms in total. The van der Waals surface area contributed by atoms with Gasteiger partial charge in [-0.2, -0.15) is 0 Å². The molecule has 0 aliphatic carbocycles. The number of rotatable bonds is 6. The molecule has 0 bridgehead atoms. The fourth-order valence-electron chi connectivity index (χ4n) is 1.83. The molecule has 0 saturated carbocycles. The van der Waals surface area contributed by atoms with Crippen molar-refractivity contribution in [2.24, 2.45) is 0 Å². The Hall–Kier alpha value is -0.798. The van der Waals surface area contributed by atoms with E-state index < -0.39 is 8.32 Å². The highest BCUT2D eigenvalue weighted by molar-refractivity contribution is 6.74. The van der Waals surface area contributed by atoms with Gasteiger partial charge in [0.2, 0.25) is 0 Å². The van der Waals surface area contributed by atoms with Gasteiger partial charge < -0.3 is 4.43 Å². The molecule has 0 N–H and O–H groups in total. The molecule has 1 aromatic carbocycles. The molecule has 0 aliphatic heterocycles. The minimum atomic E-state index is -1.75. The van der Waals surface area contributed by atoms with Crippen molar-refractivity contribution >= 4 is 16.2 Å². The average Bonchev–Trinajstić information content (AvgIpc) is 2.36. The van der Waals surface area contributed by atoms with Crippen LogP contribution in [0.2, 0.25) is 18.1 Å². The van der Waals surface area contributed by atoms with Crippen molar-refractivity contribution in [3.8, 4) is 0 Å². The largest absolute Gasteiger partial charge is 0.411 e. The van der Waals surface area contributed by atoms with Crippen molar-refractivity contribution in [2.45, 2.75) is 57.8 Å². The Bertz CT molecular complexity index is 420. The van der Waals surface area contributed by atoms with Crippen molar-refractivity contribution in [1.29, 1.82) is 0 Å². The lowest BCUT2D eigenvalue weighted by Gasteiger charge is -2.38. The first kappa shape index (κ1) is 17.3. The SMILES string of the molecule is [B]/C=C/[C@H](CCc1ccccc1)O[Si](C)(C)C(C)(C)C. The summed E-state index contributed by atoms with van der Waals surface area (Å²) in [6.07, 6.45) is 4.10. The van der Waals surface area contributed by atoms with Crippen molar-refractivity contribution in [3.05, 3.63) is 47.9 Å². The van der Waals surface area contributed by atoms with E-state index in [9.17, 15) is 0 Å². The van der Waals surface area contributed by atoms with Gasteiger partial charge in [0.05, 0.1) is 6.10 Å². The normalized spacial score (nSPS) is 14.7. The Morgan fingerprint density at radius 1 is 1.20 bits per heavy atom. The smallest absolute Gasteiger partial charge is 0.192 e. The third-order valence-corrected chi connectivity index (χ3v) is 8.64. The van der Waals surface area contributed by atoms with Gasteiger partial charge >= 0.3 is 0 Å². The maximum atomic E-state index is 6.44. The third-order valence-electron chi connectivity index (χ3n) is 4.14. The van der Waals surface area contributed by atoms with Crippen molar-refractivity contribution in [2.75, 3.05) is 0 Å². The Labute approximate surface area is 127 Å². The van der Waals surface area contributed by atoms with E-state index >= 15 is 0 Å². The van der Waals surface area contributed by atoms with Gasteiger partial charge in [0.15, 0.2) is 8.32 Å². The Kier molecular flexibility index (Phi) is 6.28. The van der Waals surface area contributed by atoms with Crippen LogP contribution in [0, 0.1) is 0 Å². The van der Waals surface area contributed by atoms with Crippen LogP contribution in [0.1, 0.15) is 32.8 Å². The molecule has 0 fully saturated rings. The molecule has 0 saturated heterocycles. The van der Waals surface area contributed by atoms with Crippen LogP contribution in [0.15, 0.2) is 42.4 Å². The molecule has 0 amide bonds. The summed E-state index contributed by atoms with van der Waals surface area (Å²) in [5.41, 5.74) is 1.35. The molecule has 0 aliphatic rings. The van der Waals surface area contributed by atoms with Gasteiger partial charge in [-0.3, -0.25) is 0 Å². The van der Waals surface area contributed by atoms with Crippen LogP contribution >= 0.6 is 0 Å². The van der Waals surface area contributed by atoms with Crippen LogP contribution < -0.4 is 0 Å². The van der Waals surface area contributed by atoms with E-state index in [1.807, 2.05) is 12.1 Å². The molecule has 20 heavy (non-hydrogen) atoms. The third kappa shape index (κ3) is 5.30. The summed E-state index contributed by atoms with van der Waals surface area (Å²) in [7, 11) is 3.83. The van der Waals surface area contributed by atoms with E-state index in [0.29, 0.717) is 0 Å². The zero-order valence-electron chi connectivity index (χ0n) is 13.5. The first-order valence-electron chi connectivity index (χ1n) is 7.36. The Morgan fingerprint density at radius 3 is 2.30 bits per heavy atom. The molecule has 0 spiro atoms. The van der Waals surface area contributed by atoms with E-state index in [2.05, 4.69) is 58.1 Å². The molecule has 0 heterocycles. The maximum absolute atomic E-state index is 6.44. The first-order valence-corrected chi connectivity index (χ1v) is 10.3. The number of aryl methyl sites for hydroxylation is 1.